The van der Waals surface area contributed by atoms with Crippen molar-refractivity contribution in [3.05, 3.63) is 64.5 Å². The summed E-state index contributed by atoms with van der Waals surface area (Å²) in [7, 11) is 1.67. The van der Waals surface area contributed by atoms with Gasteiger partial charge in [0.05, 0.1) is 13.2 Å². The lowest BCUT2D eigenvalue weighted by atomic mass is 9.94. The van der Waals surface area contributed by atoms with Crippen molar-refractivity contribution in [3.63, 3.8) is 0 Å². The van der Waals surface area contributed by atoms with E-state index in [2.05, 4.69) is 11.5 Å². The van der Waals surface area contributed by atoms with Gasteiger partial charge in [-0.05, 0) is 60.7 Å². The first-order chi connectivity index (χ1) is 10.0. The summed E-state index contributed by atoms with van der Waals surface area (Å²) in [5, 5.41) is 0. The molecule has 0 aliphatic heterocycles. The molecule has 2 aromatic rings. The first kappa shape index (κ1) is 15.5. The first-order valence-electron chi connectivity index (χ1n) is 6.91. The van der Waals surface area contributed by atoms with Crippen molar-refractivity contribution >= 4 is 0 Å². The second kappa shape index (κ2) is 6.70. The minimum absolute atomic E-state index is 0.0277. The Hall–Kier alpha value is -1.91. The second-order valence-corrected chi connectivity index (χ2v) is 5.23. The van der Waals surface area contributed by atoms with Crippen LogP contribution in [0.2, 0.25) is 0 Å². The van der Waals surface area contributed by atoms with Gasteiger partial charge >= 0.3 is 0 Å². The molecule has 0 heterocycles. The third-order valence-electron chi connectivity index (χ3n) is 3.71. The van der Waals surface area contributed by atoms with E-state index < -0.39 is 0 Å². The second-order valence-electron chi connectivity index (χ2n) is 5.23. The highest BCUT2D eigenvalue weighted by atomic mass is 19.1. The average Bonchev–Trinajstić information content (AvgIpc) is 2.49. The number of benzene rings is 2. The van der Waals surface area contributed by atoms with Crippen LogP contribution < -0.4 is 16.0 Å². The van der Waals surface area contributed by atoms with Gasteiger partial charge in [0.25, 0.3) is 0 Å². The molecule has 0 amide bonds. The van der Waals surface area contributed by atoms with Crippen LogP contribution >= 0.6 is 0 Å². The normalized spacial score (nSPS) is 12.2. The molecule has 3 nitrogen and oxygen atoms in total. The topological polar surface area (TPSA) is 47.3 Å². The molecule has 2 rings (SSSR count). The van der Waals surface area contributed by atoms with Crippen LogP contribution in [-0.4, -0.2) is 7.11 Å². The molecule has 0 spiro atoms. The van der Waals surface area contributed by atoms with Gasteiger partial charge in [0.1, 0.15) is 11.6 Å². The van der Waals surface area contributed by atoms with Crippen LogP contribution in [0.15, 0.2) is 36.4 Å². The van der Waals surface area contributed by atoms with Gasteiger partial charge in [-0.3, -0.25) is 11.3 Å². The lowest BCUT2D eigenvalue weighted by Crippen LogP contribution is -2.30. The lowest BCUT2D eigenvalue weighted by molar-refractivity contribution is 0.410. The van der Waals surface area contributed by atoms with E-state index in [1.807, 2.05) is 19.9 Å². The Morgan fingerprint density at radius 1 is 1.14 bits per heavy atom. The predicted molar refractivity (Wildman–Crippen MR) is 82.6 cm³/mol. The highest BCUT2D eigenvalue weighted by Crippen LogP contribution is 2.28. The molecule has 2 aromatic carbocycles. The number of aryl methyl sites for hydroxylation is 2. The number of ether oxygens (including phenoxy) is 1. The van der Waals surface area contributed by atoms with Gasteiger partial charge in [0.2, 0.25) is 0 Å². The number of nitrogens with one attached hydrogen (secondary N) is 1. The molecule has 21 heavy (non-hydrogen) atoms. The van der Waals surface area contributed by atoms with Crippen molar-refractivity contribution in [1.82, 2.24) is 5.43 Å². The number of hydrogen-bond acceptors (Lipinski definition) is 3. The molecule has 0 saturated heterocycles. The Labute approximate surface area is 124 Å². The van der Waals surface area contributed by atoms with Crippen LogP contribution in [0.25, 0.3) is 0 Å². The molecular formula is C17H21FN2O. The van der Waals surface area contributed by atoms with Crippen molar-refractivity contribution in [3.8, 4) is 5.75 Å². The van der Waals surface area contributed by atoms with E-state index in [-0.39, 0.29) is 11.9 Å². The van der Waals surface area contributed by atoms with Crippen LogP contribution in [0.3, 0.4) is 0 Å². The monoisotopic (exact) mass is 288 g/mol. The van der Waals surface area contributed by atoms with Crippen molar-refractivity contribution < 1.29 is 9.13 Å². The highest BCUT2D eigenvalue weighted by molar-refractivity contribution is 5.43. The van der Waals surface area contributed by atoms with E-state index in [0.717, 1.165) is 28.0 Å². The molecule has 0 bridgehead atoms. The summed E-state index contributed by atoms with van der Waals surface area (Å²) in [6.07, 6.45) is 0.698. The smallest absolute Gasteiger partial charge is 0.123 e. The zero-order valence-electron chi connectivity index (χ0n) is 12.6. The molecule has 0 aliphatic rings. The van der Waals surface area contributed by atoms with Gasteiger partial charge in [-0.1, -0.05) is 18.2 Å². The third-order valence-corrected chi connectivity index (χ3v) is 3.71. The van der Waals surface area contributed by atoms with E-state index in [9.17, 15) is 4.39 Å². The Balaban J connectivity index is 2.29. The van der Waals surface area contributed by atoms with E-state index in [0.29, 0.717) is 6.42 Å². The summed E-state index contributed by atoms with van der Waals surface area (Å²) < 4.78 is 18.3. The minimum atomic E-state index is -0.229. The summed E-state index contributed by atoms with van der Waals surface area (Å²) in [6, 6.07) is 10.6. The van der Waals surface area contributed by atoms with Crippen molar-refractivity contribution in [2.24, 2.45) is 5.84 Å². The molecule has 0 radical (unpaired) electrons. The van der Waals surface area contributed by atoms with Gasteiger partial charge in [-0.2, -0.15) is 0 Å². The minimum Gasteiger partial charge on any atom is -0.496 e. The Morgan fingerprint density at radius 2 is 1.81 bits per heavy atom. The van der Waals surface area contributed by atoms with E-state index in [4.69, 9.17) is 10.6 Å². The molecule has 0 aromatic heterocycles. The molecule has 0 aliphatic carbocycles. The van der Waals surface area contributed by atoms with E-state index in [1.54, 1.807) is 19.2 Å². The zero-order chi connectivity index (χ0) is 15.4. The SMILES string of the molecule is COc1cc(C)c(C(Cc2ccc(F)cc2)NN)cc1C. The quantitative estimate of drug-likeness (QED) is 0.656. The molecule has 0 saturated carbocycles. The number of methoxy groups -OCH3 is 1. The summed E-state index contributed by atoms with van der Waals surface area (Å²) in [4.78, 5) is 0. The fourth-order valence-corrected chi connectivity index (χ4v) is 2.52. The molecule has 0 fully saturated rings. The largest absolute Gasteiger partial charge is 0.496 e. The van der Waals surface area contributed by atoms with Crippen LogP contribution in [0.5, 0.6) is 5.75 Å². The number of rotatable bonds is 5. The number of nitrogens with two attached hydrogens (primary N) is 1. The van der Waals surface area contributed by atoms with Crippen LogP contribution in [-0.2, 0) is 6.42 Å². The van der Waals surface area contributed by atoms with Crippen molar-refractivity contribution in [2.45, 2.75) is 26.3 Å². The molecule has 3 N–H and O–H groups in total. The van der Waals surface area contributed by atoms with Crippen LogP contribution in [0, 0.1) is 19.7 Å². The standard InChI is InChI=1S/C17H21FN2O/c1-11-9-17(21-3)12(2)8-15(11)16(20-19)10-13-4-6-14(18)7-5-13/h4-9,16,20H,10,19H2,1-3H3. The number of halogens is 1. The fraction of sp³-hybridized carbons (Fsp3) is 0.294. The van der Waals surface area contributed by atoms with Gasteiger partial charge in [0, 0.05) is 0 Å². The lowest BCUT2D eigenvalue weighted by Gasteiger charge is -2.20. The zero-order valence-corrected chi connectivity index (χ0v) is 12.6. The molecule has 1 unspecified atom stereocenters. The highest BCUT2D eigenvalue weighted by Gasteiger charge is 2.15. The molecule has 1 atom stereocenters. The maximum Gasteiger partial charge on any atom is 0.123 e. The Morgan fingerprint density at radius 3 is 2.38 bits per heavy atom. The maximum absolute atomic E-state index is 13.0. The molecular weight excluding hydrogens is 267 g/mol. The van der Waals surface area contributed by atoms with Gasteiger partial charge in [-0.25, -0.2) is 4.39 Å². The molecule has 112 valence electrons. The predicted octanol–water partition coefficient (Wildman–Crippen LogP) is 3.20. The number of hydrazine groups is 1. The van der Waals surface area contributed by atoms with Gasteiger partial charge in [-0.15, -0.1) is 0 Å². The van der Waals surface area contributed by atoms with Crippen molar-refractivity contribution in [1.29, 1.82) is 0 Å². The summed E-state index contributed by atoms with van der Waals surface area (Å²) in [6.45, 7) is 4.04. The van der Waals surface area contributed by atoms with Crippen LogP contribution in [0.4, 0.5) is 4.39 Å². The number of hydrogen-bond donors (Lipinski definition) is 2. The average molecular weight is 288 g/mol. The van der Waals surface area contributed by atoms with E-state index >= 15 is 0 Å². The van der Waals surface area contributed by atoms with Crippen LogP contribution in [0.1, 0.15) is 28.3 Å². The van der Waals surface area contributed by atoms with Gasteiger partial charge in [0.15, 0.2) is 0 Å². The van der Waals surface area contributed by atoms with Crippen molar-refractivity contribution in [2.75, 3.05) is 7.11 Å². The molecule has 4 heteroatoms. The summed E-state index contributed by atoms with van der Waals surface area (Å²) in [5.74, 6) is 6.36. The summed E-state index contributed by atoms with van der Waals surface area (Å²) in [5.41, 5.74) is 7.19. The van der Waals surface area contributed by atoms with E-state index in [1.165, 1.54) is 12.1 Å². The first-order valence-corrected chi connectivity index (χ1v) is 6.91. The maximum atomic E-state index is 13.0. The van der Waals surface area contributed by atoms with Gasteiger partial charge < -0.3 is 4.74 Å². The third kappa shape index (κ3) is 3.60. The Bertz CT molecular complexity index is 611. The Kier molecular flexibility index (Phi) is 4.94. The summed E-state index contributed by atoms with van der Waals surface area (Å²) >= 11 is 0. The fourth-order valence-electron chi connectivity index (χ4n) is 2.52.